The number of hydrogen-bond acceptors (Lipinski definition) is 1. The van der Waals surface area contributed by atoms with Crippen molar-refractivity contribution in [3.63, 3.8) is 0 Å². The fraction of sp³-hybridized carbons (Fsp3) is 1.00. The molecule has 1 nitrogen and oxygen atoms in total. The van der Waals surface area contributed by atoms with E-state index in [1.807, 2.05) is 0 Å². The van der Waals surface area contributed by atoms with Crippen LogP contribution in [-0.2, 0) is 0 Å². The number of nitrogens with zero attached hydrogens (tertiary/aromatic N) is 1. The second kappa shape index (κ2) is 1.72. The Morgan fingerprint density at radius 2 is 2.11 bits per heavy atom. The van der Waals surface area contributed by atoms with Gasteiger partial charge in [-0.2, -0.15) is 0 Å². The fourth-order valence-electron chi connectivity index (χ4n) is 2.66. The first-order valence-corrected chi connectivity index (χ1v) is 3.97. The first-order chi connectivity index (χ1) is 4.27. The maximum absolute atomic E-state index is 2.53. The van der Waals surface area contributed by atoms with Crippen LogP contribution in [0, 0.1) is 11.8 Å². The summed E-state index contributed by atoms with van der Waals surface area (Å²) in [6.45, 7) is 3.76. The lowest BCUT2D eigenvalue weighted by Crippen LogP contribution is -2.33. The van der Waals surface area contributed by atoms with Gasteiger partial charge in [0.05, 0.1) is 0 Å². The van der Waals surface area contributed by atoms with Crippen molar-refractivity contribution in [1.82, 2.24) is 4.90 Å². The highest BCUT2D eigenvalue weighted by Gasteiger charge is 2.40. The SMILES string of the molecule is C[C@H]1CC2CC1N(C)C2. The van der Waals surface area contributed by atoms with Crippen LogP contribution in [0.25, 0.3) is 0 Å². The van der Waals surface area contributed by atoms with Crippen molar-refractivity contribution in [2.45, 2.75) is 25.8 Å². The minimum Gasteiger partial charge on any atom is -0.303 e. The van der Waals surface area contributed by atoms with E-state index in [1.165, 1.54) is 19.4 Å². The molecule has 2 fully saturated rings. The predicted octanol–water partition coefficient (Wildman–Crippen LogP) is 1.35. The average Bonchev–Trinajstić information content (AvgIpc) is 2.22. The molecule has 0 aromatic carbocycles. The Labute approximate surface area is 57.0 Å². The molecule has 2 unspecified atom stereocenters. The summed E-state index contributed by atoms with van der Waals surface area (Å²) in [5.74, 6) is 2.03. The number of fused-ring (bicyclic) bond motifs is 2. The van der Waals surface area contributed by atoms with Gasteiger partial charge in [0, 0.05) is 12.6 Å². The van der Waals surface area contributed by atoms with Crippen molar-refractivity contribution in [1.29, 1.82) is 0 Å². The zero-order chi connectivity index (χ0) is 6.43. The third-order valence-electron chi connectivity index (χ3n) is 3.05. The Bertz CT molecular complexity index is 110. The van der Waals surface area contributed by atoms with Crippen LogP contribution < -0.4 is 0 Å². The molecule has 9 heavy (non-hydrogen) atoms. The maximum atomic E-state index is 2.53. The van der Waals surface area contributed by atoms with E-state index in [-0.39, 0.29) is 0 Å². The number of piperidine rings is 1. The molecule has 1 aliphatic heterocycles. The summed E-state index contributed by atoms with van der Waals surface area (Å²) < 4.78 is 0. The molecule has 1 aliphatic carbocycles. The molecule has 52 valence electrons. The van der Waals surface area contributed by atoms with Crippen molar-refractivity contribution < 1.29 is 0 Å². The van der Waals surface area contributed by atoms with Crippen LogP contribution in [0.3, 0.4) is 0 Å². The highest BCUT2D eigenvalue weighted by molar-refractivity contribution is 4.94. The molecule has 1 saturated heterocycles. The van der Waals surface area contributed by atoms with E-state index in [1.54, 1.807) is 0 Å². The van der Waals surface area contributed by atoms with Gasteiger partial charge in [0.15, 0.2) is 0 Å². The van der Waals surface area contributed by atoms with Crippen molar-refractivity contribution in [3.05, 3.63) is 0 Å². The summed E-state index contributed by atoms with van der Waals surface area (Å²) in [6, 6.07) is 0.940. The summed E-state index contributed by atoms with van der Waals surface area (Å²) in [6.07, 6.45) is 2.98. The topological polar surface area (TPSA) is 3.24 Å². The van der Waals surface area contributed by atoms with Crippen LogP contribution in [-0.4, -0.2) is 24.5 Å². The van der Waals surface area contributed by atoms with Gasteiger partial charge in [-0.25, -0.2) is 0 Å². The molecule has 0 aromatic heterocycles. The van der Waals surface area contributed by atoms with Crippen molar-refractivity contribution >= 4 is 0 Å². The largest absolute Gasteiger partial charge is 0.303 e. The van der Waals surface area contributed by atoms with Crippen molar-refractivity contribution in [3.8, 4) is 0 Å². The first kappa shape index (κ1) is 5.72. The smallest absolute Gasteiger partial charge is 0.0121 e. The van der Waals surface area contributed by atoms with E-state index in [9.17, 15) is 0 Å². The predicted molar refractivity (Wildman–Crippen MR) is 38.3 cm³/mol. The molecule has 1 heterocycles. The number of likely N-dealkylation sites (tertiary alicyclic amines) is 1. The number of rotatable bonds is 0. The van der Waals surface area contributed by atoms with E-state index in [0.717, 1.165) is 17.9 Å². The number of hydrogen-bond donors (Lipinski definition) is 0. The molecule has 0 radical (unpaired) electrons. The second-order valence-electron chi connectivity index (χ2n) is 3.82. The minimum atomic E-state index is 0.940. The van der Waals surface area contributed by atoms with Gasteiger partial charge < -0.3 is 4.90 Å². The lowest BCUT2D eigenvalue weighted by Gasteiger charge is -2.27. The Morgan fingerprint density at radius 1 is 1.33 bits per heavy atom. The van der Waals surface area contributed by atoms with Gasteiger partial charge in [-0.15, -0.1) is 0 Å². The lowest BCUT2D eigenvalue weighted by atomic mass is 10.0. The van der Waals surface area contributed by atoms with E-state index >= 15 is 0 Å². The highest BCUT2D eigenvalue weighted by Crippen LogP contribution is 2.40. The van der Waals surface area contributed by atoms with Gasteiger partial charge in [-0.3, -0.25) is 0 Å². The molecule has 0 spiro atoms. The van der Waals surface area contributed by atoms with Crippen LogP contribution in [0.5, 0.6) is 0 Å². The normalized spacial score (nSPS) is 50.7. The van der Waals surface area contributed by atoms with Crippen LogP contribution in [0.2, 0.25) is 0 Å². The van der Waals surface area contributed by atoms with Crippen LogP contribution in [0.15, 0.2) is 0 Å². The highest BCUT2D eigenvalue weighted by atomic mass is 15.2. The van der Waals surface area contributed by atoms with Crippen LogP contribution in [0.1, 0.15) is 19.8 Å². The molecule has 0 N–H and O–H groups in total. The summed E-state index contributed by atoms with van der Waals surface area (Å²) in [4.78, 5) is 2.53. The molecule has 0 amide bonds. The summed E-state index contributed by atoms with van der Waals surface area (Å²) >= 11 is 0. The third kappa shape index (κ3) is 0.710. The van der Waals surface area contributed by atoms with E-state index in [0.29, 0.717) is 0 Å². The Morgan fingerprint density at radius 3 is 2.44 bits per heavy atom. The van der Waals surface area contributed by atoms with E-state index in [4.69, 9.17) is 0 Å². The molecule has 2 rings (SSSR count). The first-order valence-electron chi connectivity index (χ1n) is 3.97. The van der Waals surface area contributed by atoms with Crippen molar-refractivity contribution in [2.75, 3.05) is 13.6 Å². The monoisotopic (exact) mass is 125 g/mol. The molecule has 0 aromatic rings. The quantitative estimate of drug-likeness (QED) is 0.472. The van der Waals surface area contributed by atoms with Gasteiger partial charge >= 0.3 is 0 Å². The molecule has 2 aliphatic rings. The third-order valence-corrected chi connectivity index (χ3v) is 3.05. The summed E-state index contributed by atoms with van der Waals surface area (Å²) in [5, 5.41) is 0. The van der Waals surface area contributed by atoms with Crippen LogP contribution >= 0.6 is 0 Å². The minimum absolute atomic E-state index is 0.940. The molecule has 2 bridgehead atoms. The average molecular weight is 125 g/mol. The second-order valence-corrected chi connectivity index (χ2v) is 3.82. The molecule has 3 atom stereocenters. The van der Waals surface area contributed by atoms with Gasteiger partial charge in [0.25, 0.3) is 0 Å². The molecular weight excluding hydrogens is 110 g/mol. The summed E-state index contributed by atoms with van der Waals surface area (Å²) in [5.41, 5.74) is 0. The van der Waals surface area contributed by atoms with Gasteiger partial charge in [0.2, 0.25) is 0 Å². The van der Waals surface area contributed by atoms with Gasteiger partial charge in [-0.05, 0) is 31.7 Å². The maximum Gasteiger partial charge on any atom is 0.0121 e. The fourth-order valence-corrected chi connectivity index (χ4v) is 2.66. The Balaban J connectivity index is 2.13. The van der Waals surface area contributed by atoms with E-state index < -0.39 is 0 Å². The molecule has 1 heteroatoms. The van der Waals surface area contributed by atoms with Crippen molar-refractivity contribution in [2.24, 2.45) is 11.8 Å². The van der Waals surface area contributed by atoms with Gasteiger partial charge in [-0.1, -0.05) is 6.92 Å². The molecular formula is C8H15N. The summed E-state index contributed by atoms with van der Waals surface area (Å²) in [7, 11) is 2.26. The molecule has 1 saturated carbocycles. The van der Waals surface area contributed by atoms with Gasteiger partial charge in [0.1, 0.15) is 0 Å². The Kier molecular flexibility index (Phi) is 1.10. The van der Waals surface area contributed by atoms with Crippen LogP contribution in [0.4, 0.5) is 0 Å². The standard InChI is InChI=1S/C8H15N/c1-6-3-7-4-8(6)9(2)5-7/h6-8H,3-5H2,1-2H3/t6-,7?,8?/m0/s1. The zero-order valence-electron chi connectivity index (χ0n) is 6.30. The lowest BCUT2D eigenvalue weighted by molar-refractivity contribution is 0.204. The van der Waals surface area contributed by atoms with E-state index in [2.05, 4.69) is 18.9 Å². The zero-order valence-corrected chi connectivity index (χ0v) is 6.30. The Hall–Kier alpha value is -0.0400.